The molecule has 0 bridgehead atoms. The molecule has 3 rings (SSSR count). The van der Waals surface area contributed by atoms with Gasteiger partial charge < -0.3 is 0 Å². The molecule has 0 saturated heterocycles. The van der Waals surface area contributed by atoms with Gasteiger partial charge in [0.05, 0.1) is 11.4 Å². The standard InChI is InChI=1S/C16H16FNO2S/c1-12-3-2-4-13(9-12)11-21(19,20)18-8-7-14-10-15(17)5-6-16(14)18/h2-6,9-10H,7-8,11H2,1H3. The van der Waals surface area contributed by atoms with Crippen LogP contribution in [0.4, 0.5) is 10.1 Å². The Morgan fingerprint density at radius 1 is 1.19 bits per heavy atom. The third-order valence-electron chi connectivity index (χ3n) is 3.66. The largest absolute Gasteiger partial charge is 0.269 e. The topological polar surface area (TPSA) is 37.4 Å². The smallest absolute Gasteiger partial charge is 0.239 e. The van der Waals surface area contributed by atoms with Crippen molar-refractivity contribution in [1.82, 2.24) is 0 Å². The molecule has 0 unspecified atom stereocenters. The number of hydrogen-bond acceptors (Lipinski definition) is 2. The van der Waals surface area contributed by atoms with E-state index < -0.39 is 10.0 Å². The monoisotopic (exact) mass is 305 g/mol. The van der Waals surface area contributed by atoms with Crippen LogP contribution in [0.25, 0.3) is 0 Å². The van der Waals surface area contributed by atoms with E-state index in [1.54, 1.807) is 6.07 Å². The van der Waals surface area contributed by atoms with E-state index in [0.29, 0.717) is 18.7 Å². The zero-order valence-corrected chi connectivity index (χ0v) is 12.5. The van der Waals surface area contributed by atoms with Gasteiger partial charge in [-0.15, -0.1) is 0 Å². The minimum atomic E-state index is -3.45. The quantitative estimate of drug-likeness (QED) is 0.874. The number of fused-ring (bicyclic) bond motifs is 1. The average Bonchev–Trinajstić information content (AvgIpc) is 2.81. The zero-order chi connectivity index (χ0) is 15.0. The van der Waals surface area contributed by atoms with Crippen molar-refractivity contribution in [2.24, 2.45) is 0 Å². The molecule has 2 aromatic rings. The van der Waals surface area contributed by atoms with Gasteiger partial charge in [-0.05, 0) is 42.7 Å². The molecule has 1 aliphatic heterocycles. The molecule has 0 N–H and O–H groups in total. The third kappa shape index (κ3) is 2.78. The lowest BCUT2D eigenvalue weighted by Crippen LogP contribution is -2.30. The molecule has 0 spiro atoms. The van der Waals surface area contributed by atoms with Gasteiger partial charge in [0.1, 0.15) is 5.82 Å². The summed E-state index contributed by atoms with van der Waals surface area (Å²) in [7, 11) is -3.45. The van der Waals surface area contributed by atoms with E-state index >= 15 is 0 Å². The summed E-state index contributed by atoms with van der Waals surface area (Å²) in [6, 6.07) is 11.7. The summed E-state index contributed by atoms with van der Waals surface area (Å²) in [5, 5.41) is 0. The second kappa shape index (κ2) is 5.15. The van der Waals surface area contributed by atoms with Gasteiger partial charge in [-0.3, -0.25) is 4.31 Å². The Kier molecular flexibility index (Phi) is 3.45. The molecule has 1 aliphatic rings. The number of hydrogen-bond donors (Lipinski definition) is 0. The van der Waals surface area contributed by atoms with E-state index in [4.69, 9.17) is 0 Å². The Morgan fingerprint density at radius 3 is 2.76 bits per heavy atom. The highest BCUT2D eigenvalue weighted by molar-refractivity contribution is 7.92. The summed E-state index contributed by atoms with van der Waals surface area (Å²) >= 11 is 0. The maximum atomic E-state index is 13.2. The van der Waals surface area contributed by atoms with Crippen LogP contribution < -0.4 is 4.31 Å². The Hall–Kier alpha value is -1.88. The van der Waals surface area contributed by atoms with Crippen molar-refractivity contribution in [2.75, 3.05) is 10.8 Å². The van der Waals surface area contributed by atoms with E-state index in [1.165, 1.54) is 16.4 Å². The molecular weight excluding hydrogens is 289 g/mol. The lowest BCUT2D eigenvalue weighted by atomic mass is 10.2. The van der Waals surface area contributed by atoms with Crippen LogP contribution in [0.1, 0.15) is 16.7 Å². The van der Waals surface area contributed by atoms with E-state index in [1.807, 2.05) is 31.2 Å². The number of nitrogens with zero attached hydrogens (tertiary/aromatic N) is 1. The van der Waals surface area contributed by atoms with Gasteiger partial charge in [-0.2, -0.15) is 0 Å². The second-order valence-corrected chi connectivity index (χ2v) is 7.23. The summed E-state index contributed by atoms with van der Waals surface area (Å²) in [4.78, 5) is 0. The fourth-order valence-corrected chi connectivity index (χ4v) is 4.32. The van der Waals surface area contributed by atoms with Gasteiger partial charge in [0.25, 0.3) is 0 Å². The predicted octanol–water partition coefficient (Wildman–Crippen LogP) is 3.03. The van der Waals surface area contributed by atoms with Crippen molar-refractivity contribution in [1.29, 1.82) is 0 Å². The minimum absolute atomic E-state index is 0.0362. The molecule has 0 amide bonds. The number of benzene rings is 2. The van der Waals surface area contributed by atoms with Crippen LogP contribution in [-0.4, -0.2) is 15.0 Å². The highest BCUT2D eigenvalue weighted by atomic mass is 32.2. The Morgan fingerprint density at radius 2 is 2.00 bits per heavy atom. The first-order valence-electron chi connectivity index (χ1n) is 6.80. The van der Waals surface area contributed by atoms with Crippen molar-refractivity contribution in [2.45, 2.75) is 19.1 Å². The molecule has 2 aromatic carbocycles. The first kappa shape index (κ1) is 14.1. The normalized spacial score (nSPS) is 14.3. The molecule has 21 heavy (non-hydrogen) atoms. The SMILES string of the molecule is Cc1cccc(CS(=O)(=O)N2CCc3cc(F)ccc32)c1. The first-order valence-corrected chi connectivity index (χ1v) is 8.41. The van der Waals surface area contributed by atoms with Crippen molar-refractivity contribution in [3.8, 4) is 0 Å². The molecule has 1 heterocycles. The summed E-state index contributed by atoms with van der Waals surface area (Å²) < 4.78 is 39.8. The van der Waals surface area contributed by atoms with Crippen LogP contribution in [0.3, 0.4) is 0 Å². The average molecular weight is 305 g/mol. The van der Waals surface area contributed by atoms with Crippen LogP contribution in [0, 0.1) is 12.7 Å². The lowest BCUT2D eigenvalue weighted by molar-refractivity contribution is 0.591. The molecule has 0 fully saturated rings. The van der Waals surface area contributed by atoms with Crippen molar-refractivity contribution in [3.63, 3.8) is 0 Å². The van der Waals surface area contributed by atoms with E-state index in [9.17, 15) is 12.8 Å². The maximum Gasteiger partial charge on any atom is 0.239 e. The molecule has 0 aromatic heterocycles. The van der Waals surface area contributed by atoms with Crippen LogP contribution in [-0.2, 0) is 22.2 Å². The number of anilines is 1. The molecule has 5 heteroatoms. The summed E-state index contributed by atoms with van der Waals surface area (Å²) in [6.07, 6.45) is 0.556. The highest BCUT2D eigenvalue weighted by Gasteiger charge is 2.29. The third-order valence-corrected chi connectivity index (χ3v) is 5.41. The van der Waals surface area contributed by atoms with Crippen LogP contribution in [0.2, 0.25) is 0 Å². The molecular formula is C16H16FNO2S. The van der Waals surface area contributed by atoms with Crippen molar-refractivity contribution < 1.29 is 12.8 Å². The van der Waals surface area contributed by atoms with Gasteiger partial charge in [0, 0.05) is 6.54 Å². The van der Waals surface area contributed by atoms with Gasteiger partial charge in [-0.25, -0.2) is 12.8 Å². The van der Waals surface area contributed by atoms with Gasteiger partial charge in [0.2, 0.25) is 10.0 Å². The van der Waals surface area contributed by atoms with Crippen molar-refractivity contribution in [3.05, 3.63) is 65.0 Å². The van der Waals surface area contributed by atoms with Crippen LogP contribution in [0.15, 0.2) is 42.5 Å². The van der Waals surface area contributed by atoms with Crippen LogP contribution >= 0.6 is 0 Å². The number of halogens is 1. The fourth-order valence-electron chi connectivity index (χ4n) is 2.72. The molecule has 0 atom stereocenters. The first-order chi connectivity index (χ1) is 9.95. The molecule has 3 nitrogen and oxygen atoms in total. The van der Waals surface area contributed by atoms with Gasteiger partial charge >= 0.3 is 0 Å². The van der Waals surface area contributed by atoms with Crippen molar-refractivity contribution >= 4 is 15.7 Å². The second-order valence-electron chi connectivity index (χ2n) is 5.34. The van der Waals surface area contributed by atoms with E-state index in [2.05, 4.69) is 0 Å². The summed E-state index contributed by atoms with van der Waals surface area (Å²) in [5.41, 5.74) is 3.16. The summed E-state index contributed by atoms with van der Waals surface area (Å²) in [5.74, 6) is -0.363. The maximum absolute atomic E-state index is 13.2. The van der Waals surface area contributed by atoms with Gasteiger partial charge in [-0.1, -0.05) is 29.8 Å². The Labute approximate surface area is 124 Å². The minimum Gasteiger partial charge on any atom is -0.269 e. The molecule has 0 radical (unpaired) electrons. The number of rotatable bonds is 3. The number of aryl methyl sites for hydroxylation is 1. The highest BCUT2D eigenvalue weighted by Crippen LogP contribution is 2.31. The van der Waals surface area contributed by atoms with E-state index in [0.717, 1.165) is 16.7 Å². The molecule has 0 saturated carbocycles. The molecule has 0 aliphatic carbocycles. The summed E-state index contributed by atoms with van der Waals surface area (Å²) in [6.45, 7) is 2.32. The Balaban J connectivity index is 1.91. The Bertz CT molecular complexity index is 787. The lowest BCUT2D eigenvalue weighted by Gasteiger charge is -2.19. The van der Waals surface area contributed by atoms with E-state index in [-0.39, 0.29) is 11.6 Å². The van der Waals surface area contributed by atoms with Gasteiger partial charge in [0.15, 0.2) is 0 Å². The van der Waals surface area contributed by atoms with Crippen LogP contribution in [0.5, 0.6) is 0 Å². The number of sulfonamides is 1. The zero-order valence-electron chi connectivity index (χ0n) is 11.7. The predicted molar refractivity (Wildman–Crippen MR) is 81.3 cm³/mol. The molecule has 110 valence electrons. The fraction of sp³-hybridized carbons (Fsp3) is 0.250.